The predicted octanol–water partition coefficient (Wildman–Crippen LogP) is 3.84. The van der Waals surface area contributed by atoms with E-state index in [4.69, 9.17) is 0 Å². The van der Waals surface area contributed by atoms with Gasteiger partial charge in [-0.25, -0.2) is 9.97 Å². The fourth-order valence-corrected chi connectivity index (χ4v) is 5.19. The average molecular weight is 530 g/mol. The van der Waals surface area contributed by atoms with Crippen molar-refractivity contribution in [2.24, 2.45) is 5.92 Å². The van der Waals surface area contributed by atoms with E-state index in [0.29, 0.717) is 11.9 Å². The molecule has 5 rings (SSSR count). The van der Waals surface area contributed by atoms with Gasteiger partial charge in [-0.3, -0.25) is 9.59 Å². The molecule has 1 aromatic carbocycles. The van der Waals surface area contributed by atoms with Crippen molar-refractivity contribution < 1.29 is 9.59 Å². The summed E-state index contributed by atoms with van der Waals surface area (Å²) in [5.74, 6) is 1.17. The zero-order valence-corrected chi connectivity index (χ0v) is 22.9. The van der Waals surface area contributed by atoms with Gasteiger partial charge in [0.15, 0.2) is 0 Å². The van der Waals surface area contributed by atoms with Crippen molar-refractivity contribution in [1.82, 2.24) is 25.5 Å². The van der Waals surface area contributed by atoms with Crippen LogP contribution < -0.4 is 20.9 Å². The normalized spacial score (nSPS) is 20.5. The lowest BCUT2D eigenvalue weighted by Crippen LogP contribution is -2.51. The number of amides is 2. The molecule has 0 radical (unpaired) electrons. The van der Waals surface area contributed by atoms with Crippen LogP contribution in [-0.2, 0) is 9.59 Å². The topological polar surface area (TPSA) is 102 Å². The van der Waals surface area contributed by atoms with Crippen LogP contribution in [0.2, 0.25) is 0 Å². The van der Waals surface area contributed by atoms with Crippen molar-refractivity contribution >= 4 is 34.7 Å². The van der Waals surface area contributed by atoms with Crippen LogP contribution in [0.5, 0.6) is 0 Å². The van der Waals surface area contributed by atoms with E-state index in [1.165, 1.54) is 6.42 Å². The molecule has 2 amide bonds. The van der Waals surface area contributed by atoms with Gasteiger partial charge in [0.05, 0.1) is 11.7 Å². The van der Waals surface area contributed by atoms with E-state index in [2.05, 4.69) is 43.0 Å². The molecule has 1 saturated carbocycles. The molecule has 9 heteroatoms. The van der Waals surface area contributed by atoms with Gasteiger partial charge in [-0.2, -0.15) is 0 Å². The molecule has 3 fully saturated rings. The van der Waals surface area contributed by atoms with E-state index in [1.54, 1.807) is 6.20 Å². The fourth-order valence-electron chi connectivity index (χ4n) is 5.19. The first kappa shape index (κ1) is 26.9. The number of nitrogens with one attached hydrogen (secondary N) is 3. The largest absolute Gasteiger partial charge is 0.368 e. The lowest BCUT2D eigenvalue weighted by atomic mass is 9.84. The van der Waals surface area contributed by atoms with Crippen molar-refractivity contribution in [2.45, 2.75) is 52.0 Å². The minimum Gasteiger partial charge on any atom is -0.368 e. The number of hydrogen-bond donors (Lipinski definition) is 3. The molecule has 2 aromatic rings. The Morgan fingerprint density at radius 1 is 0.974 bits per heavy atom. The van der Waals surface area contributed by atoms with Crippen LogP contribution >= 0.6 is 0 Å². The van der Waals surface area contributed by atoms with Gasteiger partial charge in [0, 0.05) is 55.4 Å². The molecule has 3 aliphatic rings. The summed E-state index contributed by atoms with van der Waals surface area (Å²) in [6.45, 7) is 8.08. The van der Waals surface area contributed by atoms with Crippen LogP contribution in [0.3, 0.4) is 0 Å². The first-order valence-corrected chi connectivity index (χ1v) is 14.1. The Hall–Kier alpha value is -3.72. The van der Waals surface area contributed by atoms with Crippen LogP contribution in [0.4, 0.5) is 17.3 Å². The van der Waals surface area contributed by atoms with Crippen molar-refractivity contribution in [3.05, 3.63) is 60.1 Å². The van der Waals surface area contributed by atoms with E-state index in [9.17, 15) is 9.59 Å². The summed E-state index contributed by atoms with van der Waals surface area (Å²) in [5, 5.41) is 9.48. The van der Waals surface area contributed by atoms with Gasteiger partial charge in [-0.05, 0) is 88.1 Å². The molecule has 1 aliphatic carbocycles. The third-order valence-electron chi connectivity index (χ3n) is 7.87. The smallest absolute Gasteiger partial charge is 0.241 e. The Bertz CT molecular complexity index is 1220. The van der Waals surface area contributed by atoms with Crippen molar-refractivity contribution in [3.8, 4) is 0 Å². The van der Waals surface area contributed by atoms with E-state index in [1.807, 2.05) is 49.1 Å². The number of hydrogen-bond acceptors (Lipinski definition) is 7. The molecule has 2 saturated heterocycles. The number of benzene rings is 1. The number of piperazine rings is 1. The molecule has 2 aliphatic heterocycles. The maximum Gasteiger partial charge on any atom is 0.241 e. The maximum absolute atomic E-state index is 12.5. The quantitative estimate of drug-likeness (QED) is 0.447. The first-order chi connectivity index (χ1) is 19.0. The van der Waals surface area contributed by atoms with Gasteiger partial charge in [0.1, 0.15) is 0 Å². The summed E-state index contributed by atoms with van der Waals surface area (Å²) in [4.78, 5) is 38.2. The fraction of sp³-hybridized carbons (Fsp3) is 0.467. The summed E-state index contributed by atoms with van der Waals surface area (Å²) in [6, 6.07) is 10.1. The van der Waals surface area contributed by atoms with Gasteiger partial charge in [0.25, 0.3) is 0 Å². The number of nitrogens with zero attached hydrogens (tertiary/aromatic N) is 4. The van der Waals surface area contributed by atoms with Crippen molar-refractivity contribution in [3.63, 3.8) is 0 Å². The van der Waals surface area contributed by atoms with Gasteiger partial charge >= 0.3 is 0 Å². The minimum absolute atomic E-state index is 0.0214. The molecule has 3 N–H and O–H groups in total. The van der Waals surface area contributed by atoms with Gasteiger partial charge in [-0.15, -0.1) is 0 Å². The van der Waals surface area contributed by atoms with E-state index in [-0.39, 0.29) is 17.9 Å². The van der Waals surface area contributed by atoms with Crippen LogP contribution in [0.15, 0.2) is 54.4 Å². The molecule has 206 valence electrons. The molecule has 0 bridgehead atoms. The van der Waals surface area contributed by atoms with E-state index < -0.39 is 0 Å². The number of allylic oxidation sites excluding steroid dienone is 4. The predicted molar refractivity (Wildman–Crippen MR) is 154 cm³/mol. The third kappa shape index (κ3) is 6.84. The molecular weight excluding hydrogens is 490 g/mol. The van der Waals surface area contributed by atoms with E-state index >= 15 is 0 Å². The van der Waals surface area contributed by atoms with Crippen LogP contribution in [-0.4, -0.2) is 65.4 Å². The highest BCUT2D eigenvalue weighted by Crippen LogP contribution is 2.29. The highest BCUT2D eigenvalue weighted by molar-refractivity contribution is 5.83. The Morgan fingerprint density at radius 2 is 1.74 bits per heavy atom. The second-order valence-corrected chi connectivity index (χ2v) is 10.7. The minimum atomic E-state index is -0.0968. The average Bonchev–Trinajstić information content (AvgIpc) is 3.47. The zero-order chi connectivity index (χ0) is 27.2. The first-order valence-electron chi connectivity index (χ1n) is 14.1. The van der Waals surface area contributed by atoms with Gasteiger partial charge in [-0.1, -0.05) is 12.5 Å². The Kier molecular flexibility index (Phi) is 8.56. The van der Waals surface area contributed by atoms with Gasteiger partial charge in [0.2, 0.25) is 17.8 Å². The highest BCUT2D eigenvalue weighted by Gasteiger charge is 2.31. The maximum atomic E-state index is 12.5. The third-order valence-corrected chi connectivity index (χ3v) is 7.87. The van der Waals surface area contributed by atoms with E-state index in [0.717, 1.165) is 86.7 Å². The lowest BCUT2D eigenvalue weighted by molar-refractivity contribution is -0.138. The molecule has 0 spiro atoms. The monoisotopic (exact) mass is 529 g/mol. The Morgan fingerprint density at radius 3 is 2.41 bits per heavy atom. The molecular formula is C30H39N7O2. The standard InChI is InChI=1S/C30H39N7O2/c1-21(8-9-22(2)33-28(38)27-7-4-15-31-27)26-14-16-32-30(35-26)34-24-10-12-25(13-11-24)36-17-19-37(20-18-36)29(39)23-5-3-6-23/h8-14,16,23,27,31H,3-7,15,17-20H2,1-2H3,(H,33,38)(H,32,34,35)/b21-8+,22-9+/t27-/m1/s1. The van der Waals surface area contributed by atoms with Crippen LogP contribution in [0.1, 0.15) is 51.6 Å². The molecule has 9 nitrogen and oxygen atoms in total. The Labute approximate surface area is 230 Å². The molecule has 1 atom stereocenters. The summed E-state index contributed by atoms with van der Waals surface area (Å²) in [5.41, 5.74) is 4.65. The number of aromatic nitrogens is 2. The molecule has 0 unspecified atom stereocenters. The number of carbonyl (C=O) groups is 2. The second kappa shape index (κ2) is 12.4. The van der Waals surface area contributed by atoms with Crippen LogP contribution in [0.25, 0.3) is 5.57 Å². The summed E-state index contributed by atoms with van der Waals surface area (Å²) in [6.07, 6.45) is 10.8. The Balaban J connectivity index is 1.14. The zero-order valence-electron chi connectivity index (χ0n) is 22.9. The number of carbonyl (C=O) groups excluding carboxylic acids is 2. The molecule has 39 heavy (non-hydrogen) atoms. The second-order valence-electron chi connectivity index (χ2n) is 10.7. The van der Waals surface area contributed by atoms with Gasteiger partial charge < -0.3 is 25.8 Å². The highest BCUT2D eigenvalue weighted by atomic mass is 16.2. The summed E-state index contributed by atoms with van der Waals surface area (Å²) in [7, 11) is 0. The molecule has 1 aromatic heterocycles. The van der Waals surface area contributed by atoms with Crippen LogP contribution in [0, 0.1) is 5.92 Å². The number of rotatable bonds is 8. The summed E-state index contributed by atoms with van der Waals surface area (Å²) >= 11 is 0. The lowest BCUT2D eigenvalue weighted by Gasteiger charge is -2.39. The van der Waals surface area contributed by atoms with Crippen molar-refractivity contribution in [2.75, 3.05) is 42.9 Å². The summed E-state index contributed by atoms with van der Waals surface area (Å²) < 4.78 is 0. The SMILES string of the molecule is C/C(=C\C=C(/C)c1ccnc(Nc2ccc(N3CCN(C(=O)C4CCC4)CC3)cc2)n1)NC(=O)[C@H]1CCCN1. The molecule has 3 heterocycles. The van der Waals surface area contributed by atoms with Crippen molar-refractivity contribution in [1.29, 1.82) is 0 Å². The number of anilines is 3.